The van der Waals surface area contributed by atoms with Crippen molar-refractivity contribution in [1.82, 2.24) is 0 Å². The second-order valence-electron chi connectivity index (χ2n) is 7.29. The van der Waals surface area contributed by atoms with Crippen molar-refractivity contribution in [1.29, 1.82) is 0 Å². The summed E-state index contributed by atoms with van der Waals surface area (Å²) in [5.41, 5.74) is 1.74. The van der Waals surface area contributed by atoms with E-state index in [-0.39, 0.29) is 16.2 Å². The molecule has 0 saturated carbocycles. The molecule has 92 valence electrons. The van der Waals surface area contributed by atoms with Crippen molar-refractivity contribution < 1.29 is 4.42 Å². The van der Waals surface area contributed by atoms with E-state index in [1.807, 2.05) is 6.26 Å². The van der Waals surface area contributed by atoms with Crippen LogP contribution in [-0.4, -0.2) is 0 Å². The molecule has 0 bridgehead atoms. The third-order valence-electron chi connectivity index (χ3n) is 3.89. The first-order valence-electron chi connectivity index (χ1n) is 6.06. The molecular formula is C15H26O. The molecule has 0 fully saturated rings. The van der Waals surface area contributed by atoms with E-state index in [4.69, 9.17) is 4.42 Å². The van der Waals surface area contributed by atoms with Gasteiger partial charge in [0.2, 0.25) is 0 Å². The van der Waals surface area contributed by atoms with Crippen LogP contribution in [0.2, 0.25) is 0 Å². The Kier molecular flexibility index (Phi) is 3.04. The molecule has 16 heavy (non-hydrogen) atoms. The summed E-state index contributed by atoms with van der Waals surface area (Å²) in [6.45, 7) is 18.1. The van der Waals surface area contributed by atoms with Crippen LogP contribution in [0.5, 0.6) is 0 Å². The van der Waals surface area contributed by atoms with E-state index in [1.54, 1.807) is 0 Å². The molecule has 1 nitrogen and oxygen atoms in total. The summed E-state index contributed by atoms with van der Waals surface area (Å²) < 4.78 is 5.71. The van der Waals surface area contributed by atoms with Gasteiger partial charge in [-0.3, -0.25) is 0 Å². The maximum absolute atomic E-state index is 5.71. The standard InChI is InChI=1S/C15H26O/c1-13(2,3)12-11(9-10-16-12)15(7,8)14(4,5)6/h9-10H,1-8H3. The van der Waals surface area contributed by atoms with Gasteiger partial charge in [0.1, 0.15) is 5.76 Å². The fourth-order valence-electron chi connectivity index (χ4n) is 1.79. The average molecular weight is 222 g/mol. The van der Waals surface area contributed by atoms with Gasteiger partial charge in [-0.05, 0) is 16.9 Å². The maximum Gasteiger partial charge on any atom is 0.112 e. The van der Waals surface area contributed by atoms with E-state index < -0.39 is 0 Å². The van der Waals surface area contributed by atoms with E-state index in [2.05, 4.69) is 61.5 Å². The van der Waals surface area contributed by atoms with E-state index in [9.17, 15) is 0 Å². The Morgan fingerprint density at radius 1 is 0.875 bits per heavy atom. The van der Waals surface area contributed by atoms with Crippen LogP contribution in [0, 0.1) is 5.41 Å². The minimum Gasteiger partial charge on any atom is -0.468 e. The Hall–Kier alpha value is -0.720. The van der Waals surface area contributed by atoms with Crippen LogP contribution in [0.1, 0.15) is 66.7 Å². The lowest BCUT2D eigenvalue weighted by atomic mass is 9.64. The molecule has 0 atom stereocenters. The van der Waals surface area contributed by atoms with Gasteiger partial charge < -0.3 is 4.42 Å². The zero-order chi connectivity index (χ0) is 12.8. The molecule has 0 aromatic carbocycles. The van der Waals surface area contributed by atoms with Crippen molar-refractivity contribution in [2.24, 2.45) is 5.41 Å². The smallest absolute Gasteiger partial charge is 0.112 e. The highest BCUT2D eigenvalue weighted by Crippen LogP contribution is 2.44. The fraction of sp³-hybridized carbons (Fsp3) is 0.733. The van der Waals surface area contributed by atoms with Gasteiger partial charge in [-0.1, -0.05) is 55.4 Å². The molecule has 0 unspecified atom stereocenters. The molecular weight excluding hydrogens is 196 g/mol. The van der Waals surface area contributed by atoms with E-state index in [1.165, 1.54) is 5.56 Å². The number of rotatable bonds is 1. The normalized spacial score (nSPS) is 14.2. The third kappa shape index (κ3) is 2.18. The summed E-state index contributed by atoms with van der Waals surface area (Å²) in [6.07, 6.45) is 1.82. The van der Waals surface area contributed by atoms with Crippen molar-refractivity contribution in [2.45, 2.75) is 66.2 Å². The summed E-state index contributed by atoms with van der Waals surface area (Å²) in [7, 11) is 0. The summed E-state index contributed by atoms with van der Waals surface area (Å²) >= 11 is 0. The Bertz CT molecular complexity index is 356. The highest BCUT2D eigenvalue weighted by Gasteiger charge is 2.39. The van der Waals surface area contributed by atoms with Gasteiger partial charge in [0.05, 0.1) is 6.26 Å². The van der Waals surface area contributed by atoms with Gasteiger partial charge in [-0.15, -0.1) is 0 Å². The number of hydrogen-bond acceptors (Lipinski definition) is 1. The largest absolute Gasteiger partial charge is 0.468 e. The van der Waals surface area contributed by atoms with Gasteiger partial charge in [-0.25, -0.2) is 0 Å². The van der Waals surface area contributed by atoms with Crippen LogP contribution in [-0.2, 0) is 10.8 Å². The average Bonchev–Trinajstić information content (AvgIpc) is 2.47. The first-order valence-corrected chi connectivity index (χ1v) is 6.06. The summed E-state index contributed by atoms with van der Waals surface area (Å²) in [5, 5.41) is 0. The minimum absolute atomic E-state index is 0.0708. The van der Waals surface area contributed by atoms with E-state index in [0.717, 1.165) is 5.76 Å². The minimum atomic E-state index is 0.0708. The van der Waals surface area contributed by atoms with Gasteiger partial charge in [-0.2, -0.15) is 0 Å². The second kappa shape index (κ2) is 3.65. The van der Waals surface area contributed by atoms with Crippen LogP contribution in [0.3, 0.4) is 0 Å². The van der Waals surface area contributed by atoms with Crippen molar-refractivity contribution >= 4 is 0 Å². The van der Waals surface area contributed by atoms with Gasteiger partial charge in [0.25, 0.3) is 0 Å². The monoisotopic (exact) mass is 222 g/mol. The predicted octanol–water partition coefficient (Wildman–Crippen LogP) is 4.90. The lowest BCUT2D eigenvalue weighted by Gasteiger charge is -2.40. The van der Waals surface area contributed by atoms with Crippen molar-refractivity contribution in [3.05, 3.63) is 23.7 Å². The van der Waals surface area contributed by atoms with Crippen LogP contribution in [0.15, 0.2) is 16.7 Å². The quantitative estimate of drug-likeness (QED) is 0.658. The number of furan rings is 1. The lowest BCUT2D eigenvalue weighted by Crippen LogP contribution is -2.35. The SMILES string of the molecule is CC(C)(C)c1occc1C(C)(C)C(C)(C)C. The molecule has 0 spiro atoms. The van der Waals surface area contributed by atoms with Gasteiger partial charge in [0, 0.05) is 11.0 Å². The van der Waals surface area contributed by atoms with Crippen molar-refractivity contribution in [2.75, 3.05) is 0 Å². The predicted molar refractivity (Wildman–Crippen MR) is 69.9 cm³/mol. The molecule has 0 saturated heterocycles. The van der Waals surface area contributed by atoms with Crippen LogP contribution >= 0.6 is 0 Å². The summed E-state index contributed by atoms with van der Waals surface area (Å²) in [4.78, 5) is 0. The van der Waals surface area contributed by atoms with Crippen molar-refractivity contribution in [3.63, 3.8) is 0 Å². The topological polar surface area (TPSA) is 13.1 Å². The van der Waals surface area contributed by atoms with Gasteiger partial charge >= 0.3 is 0 Å². The molecule has 0 aliphatic rings. The molecule has 0 radical (unpaired) electrons. The molecule has 1 heteroatoms. The fourth-order valence-corrected chi connectivity index (χ4v) is 1.79. The molecule has 0 amide bonds. The van der Waals surface area contributed by atoms with E-state index in [0.29, 0.717) is 0 Å². The van der Waals surface area contributed by atoms with Crippen LogP contribution in [0.25, 0.3) is 0 Å². The van der Waals surface area contributed by atoms with Crippen LogP contribution < -0.4 is 0 Å². The Labute approximate surface area is 100 Å². The van der Waals surface area contributed by atoms with Crippen LogP contribution in [0.4, 0.5) is 0 Å². The van der Waals surface area contributed by atoms with E-state index >= 15 is 0 Å². The Balaban J connectivity index is 3.31. The lowest BCUT2D eigenvalue weighted by molar-refractivity contribution is 0.218. The highest BCUT2D eigenvalue weighted by atomic mass is 16.3. The Morgan fingerprint density at radius 2 is 1.38 bits per heavy atom. The maximum atomic E-state index is 5.71. The molecule has 1 aromatic heterocycles. The molecule has 0 aliphatic carbocycles. The van der Waals surface area contributed by atoms with Crippen molar-refractivity contribution in [3.8, 4) is 0 Å². The molecule has 1 aromatic rings. The highest BCUT2D eigenvalue weighted by molar-refractivity contribution is 5.32. The third-order valence-corrected chi connectivity index (χ3v) is 3.89. The molecule has 0 aliphatic heterocycles. The summed E-state index contributed by atoms with van der Waals surface area (Å²) in [6, 6.07) is 2.13. The molecule has 1 rings (SSSR count). The zero-order valence-corrected chi connectivity index (χ0v) is 12.1. The second-order valence-corrected chi connectivity index (χ2v) is 7.29. The molecule has 0 N–H and O–H groups in total. The first-order chi connectivity index (χ1) is 6.98. The number of hydrogen-bond donors (Lipinski definition) is 0. The Morgan fingerprint density at radius 3 is 1.75 bits per heavy atom. The summed E-state index contributed by atoms with van der Waals surface area (Å²) in [5.74, 6) is 1.12. The first kappa shape index (κ1) is 13.3. The van der Waals surface area contributed by atoms with Gasteiger partial charge in [0.15, 0.2) is 0 Å². The molecule has 1 heterocycles. The zero-order valence-electron chi connectivity index (χ0n) is 12.1.